The maximum atomic E-state index is 4.70. The topological polar surface area (TPSA) is 37.8 Å². The predicted molar refractivity (Wildman–Crippen MR) is 94.0 cm³/mol. The zero-order valence-electron chi connectivity index (χ0n) is 14.5. The van der Waals surface area contributed by atoms with Crippen molar-refractivity contribution < 1.29 is 0 Å². The summed E-state index contributed by atoms with van der Waals surface area (Å²) in [7, 11) is 0. The van der Waals surface area contributed by atoms with E-state index in [1.807, 2.05) is 11.8 Å². The Morgan fingerprint density at radius 2 is 1.71 bits per heavy atom. The summed E-state index contributed by atoms with van der Waals surface area (Å²) < 4.78 is 0. The molecule has 0 aromatic carbocycles. The summed E-state index contributed by atoms with van der Waals surface area (Å²) in [6, 6.07) is 0.559. The Morgan fingerprint density at radius 3 is 2.24 bits per heavy atom. The molecule has 0 bridgehead atoms. The Balaban J connectivity index is 2.58. The van der Waals surface area contributed by atoms with Crippen molar-refractivity contribution in [2.75, 3.05) is 6.54 Å². The number of nitrogens with zero attached hydrogens (tertiary/aromatic N) is 2. The average Bonchev–Trinajstić information content (AvgIpc) is 2.42. The lowest BCUT2D eigenvalue weighted by Gasteiger charge is -2.13. The first-order chi connectivity index (χ1) is 9.93. The van der Waals surface area contributed by atoms with E-state index in [4.69, 9.17) is 9.97 Å². The molecule has 120 valence electrons. The van der Waals surface area contributed by atoms with Gasteiger partial charge < -0.3 is 5.32 Å². The molecule has 4 heteroatoms. The Labute approximate surface area is 134 Å². The van der Waals surface area contributed by atoms with Crippen molar-refractivity contribution in [3.63, 3.8) is 0 Å². The van der Waals surface area contributed by atoms with Crippen LogP contribution in [0.4, 0.5) is 0 Å². The molecule has 0 aliphatic rings. The third kappa shape index (κ3) is 6.79. The highest BCUT2D eigenvalue weighted by Gasteiger charge is 2.09. The van der Waals surface area contributed by atoms with Crippen LogP contribution in [0.3, 0.4) is 0 Å². The first-order valence-corrected chi connectivity index (χ1v) is 9.16. The largest absolute Gasteiger partial charge is 0.315 e. The van der Waals surface area contributed by atoms with Crippen molar-refractivity contribution in [3.05, 3.63) is 22.8 Å². The second kappa shape index (κ2) is 9.42. The van der Waals surface area contributed by atoms with Crippen LogP contribution >= 0.6 is 11.8 Å². The van der Waals surface area contributed by atoms with Crippen LogP contribution in [0.2, 0.25) is 0 Å². The molecule has 0 spiro atoms. The fourth-order valence-electron chi connectivity index (χ4n) is 2.23. The summed E-state index contributed by atoms with van der Waals surface area (Å²) >= 11 is 1.94. The monoisotopic (exact) mass is 309 g/mol. The number of hydrogen-bond donors (Lipinski definition) is 1. The van der Waals surface area contributed by atoms with Crippen LogP contribution in [0, 0.1) is 13.8 Å². The van der Waals surface area contributed by atoms with Crippen molar-refractivity contribution in [2.45, 2.75) is 77.8 Å². The second-order valence-corrected chi connectivity index (χ2v) is 7.46. The molecule has 0 fully saturated rings. The average molecular weight is 310 g/mol. The molecule has 1 aromatic rings. The van der Waals surface area contributed by atoms with Crippen molar-refractivity contribution in [1.82, 2.24) is 15.3 Å². The maximum absolute atomic E-state index is 4.70. The van der Waals surface area contributed by atoms with Crippen LogP contribution < -0.4 is 5.32 Å². The molecule has 0 saturated carbocycles. The van der Waals surface area contributed by atoms with Gasteiger partial charge in [-0.2, -0.15) is 11.8 Å². The maximum Gasteiger partial charge on any atom is 0.138 e. The van der Waals surface area contributed by atoms with Gasteiger partial charge in [-0.05, 0) is 45.2 Å². The number of aromatic nitrogens is 2. The summed E-state index contributed by atoms with van der Waals surface area (Å²) in [5, 5.41) is 4.14. The van der Waals surface area contributed by atoms with E-state index in [1.54, 1.807) is 0 Å². The molecular formula is C17H31N3S. The van der Waals surface area contributed by atoms with Gasteiger partial charge in [-0.3, -0.25) is 0 Å². The van der Waals surface area contributed by atoms with Gasteiger partial charge in [-0.1, -0.05) is 27.7 Å². The van der Waals surface area contributed by atoms with Gasteiger partial charge in [0.15, 0.2) is 0 Å². The molecule has 1 N–H and O–H groups in total. The summed E-state index contributed by atoms with van der Waals surface area (Å²) in [6.45, 7) is 14.2. The van der Waals surface area contributed by atoms with Crippen LogP contribution in [0.1, 0.15) is 63.3 Å². The standard InChI is InChI=1S/C17H31N3S/c1-7-13(4)21-11-17-19-14(5)16(15(6)20-17)9-8-10-18-12(2)3/h12-13,18H,7-11H2,1-6H3. The smallest absolute Gasteiger partial charge is 0.138 e. The van der Waals surface area contributed by atoms with Gasteiger partial charge >= 0.3 is 0 Å². The van der Waals surface area contributed by atoms with Gasteiger partial charge in [-0.25, -0.2) is 9.97 Å². The zero-order valence-corrected chi connectivity index (χ0v) is 15.3. The molecule has 0 saturated heterocycles. The molecule has 1 rings (SSSR count). The first-order valence-electron chi connectivity index (χ1n) is 8.12. The van der Waals surface area contributed by atoms with Crippen LogP contribution in [-0.4, -0.2) is 27.8 Å². The minimum absolute atomic E-state index is 0.559. The normalized spacial score (nSPS) is 12.9. The van der Waals surface area contributed by atoms with Crippen molar-refractivity contribution in [3.8, 4) is 0 Å². The van der Waals surface area contributed by atoms with E-state index in [0.29, 0.717) is 11.3 Å². The minimum Gasteiger partial charge on any atom is -0.315 e. The van der Waals surface area contributed by atoms with Crippen LogP contribution in [0.5, 0.6) is 0 Å². The van der Waals surface area contributed by atoms with Crippen molar-refractivity contribution >= 4 is 11.8 Å². The van der Waals surface area contributed by atoms with Crippen molar-refractivity contribution in [2.24, 2.45) is 0 Å². The number of aryl methyl sites for hydroxylation is 2. The minimum atomic E-state index is 0.559. The summed E-state index contributed by atoms with van der Waals surface area (Å²) in [5.41, 5.74) is 3.65. The Bertz CT molecular complexity index is 409. The predicted octanol–water partition coefficient (Wildman–Crippen LogP) is 4.06. The highest BCUT2D eigenvalue weighted by Crippen LogP contribution is 2.20. The molecule has 3 nitrogen and oxygen atoms in total. The molecule has 1 aromatic heterocycles. The molecule has 0 amide bonds. The zero-order chi connectivity index (χ0) is 15.8. The molecular weight excluding hydrogens is 278 g/mol. The number of nitrogens with one attached hydrogen (secondary N) is 1. The second-order valence-electron chi connectivity index (χ2n) is 6.03. The van der Waals surface area contributed by atoms with E-state index >= 15 is 0 Å². The molecule has 21 heavy (non-hydrogen) atoms. The molecule has 1 heterocycles. The highest BCUT2D eigenvalue weighted by molar-refractivity contribution is 7.99. The fraction of sp³-hybridized carbons (Fsp3) is 0.765. The highest BCUT2D eigenvalue weighted by atomic mass is 32.2. The van der Waals surface area contributed by atoms with Gasteiger partial charge in [0.2, 0.25) is 0 Å². The summed E-state index contributed by atoms with van der Waals surface area (Å²) in [6.07, 6.45) is 3.41. The molecule has 0 aliphatic heterocycles. The van der Waals surface area contributed by atoms with Gasteiger partial charge in [-0.15, -0.1) is 0 Å². The molecule has 0 aliphatic carbocycles. The molecule has 1 unspecified atom stereocenters. The first kappa shape index (κ1) is 18.4. The van der Waals surface area contributed by atoms with Gasteiger partial charge in [0.05, 0.1) is 5.75 Å². The number of hydrogen-bond acceptors (Lipinski definition) is 4. The Morgan fingerprint density at radius 1 is 1.10 bits per heavy atom. The third-order valence-electron chi connectivity index (χ3n) is 3.69. The van der Waals surface area contributed by atoms with Crippen LogP contribution in [0.25, 0.3) is 0 Å². The lowest BCUT2D eigenvalue weighted by atomic mass is 10.1. The van der Waals surface area contributed by atoms with Crippen LogP contribution in [-0.2, 0) is 12.2 Å². The lowest BCUT2D eigenvalue weighted by molar-refractivity contribution is 0.569. The lowest BCUT2D eigenvalue weighted by Crippen LogP contribution is -2.24. The Kier molecular flexibility index (Phi) is 8.27. The van der Waals surface area contributed by atoms with Gasteiger partial charge in [0.25, 0.3) is 0 Å². The van der Waals surface area contributed by atoms with E-state index in [0.717, 1.165) is 42.4 Å². The fourth-order valence-corrected chi connectivity index (χ4v) is 3.02. The van der Waals surface area contributed by atoms with E-state index < -0.39 is 0 Å². The quantitative estimate of drug-likeness (QED) is 0.698. The van der Waals surface area contributed by atoms with E-state index in [1.165, 1.54) is 12.0 Å². The molecule has 1 atom stereocenters. The summed E-state index contributed by atoms with van der Waals surface area (Å²) in [5.74, 6) is 1.91. The van der Waals surface area contributed by atoms with Crippen LogP contribution in [0.15, 0.2) is 0 Å². The number of rotatable bonds is 9. The third-order valence-corrected chi connectivity index (χ3v) is 5.02. The van der Waals surface area contributed by atoms with E-state index in [-0.39, 0.29) is 0 Å². The van der Waals surface area contributed by atoms with E-state index in [2.05, 4.69) is 46.9 Å². The number of thioether (sulfide) groups is 1. The summed E-state index contributed by atoms with van der Waals surface area (Å²) in [4.78, 5) is 9.40. The van der Waals surface area contributed by atoms with E-state index in [9.17, 15) is 0 Å². The molecule has 0 radical (unpaired) electrons. The van der Waals surface area contributed by atoms with Gasteiger partial charge in [0, 0.05) is 22.7 Å². The van der Waals surface area contributed by atoms with Crippen molar-refractivity contribution in [1.29, 1.82) is 0 Å². The SMILES string of the molecule is CCC(C)SCc1nc(C)c(CCCNC(C)C)c(C)n1. The Hall–Kier alpha value is -0.610. The van der Waals surface area contributed by atoms with Gasteiger partial charge in [0.1, 0.15) is 5.82 Å².